The molecule has 1 aromatic rings. The Hall–Kier alpha value is -1.87. The summed E-state index contributed by atoms with van der Waals surface area (Å²) < 4.78 is 25.8. The molecule has 0 saturated carbocycles. The van der Waals surface area contributed by atoms with Crippen molar-refractivity contribution in [1.82, 2.24) is 15.0 Å². The highest BCUT2D eigenvalue weighted by Crippen LogP contribution is 2.09. The number of amides is 2. The summed E-state index contributed by atoms with van der Waals surface area (Å²) in [6.45, 7) is 0.176. The fraction of sp³-hybridized carbons (Fsp3) is 0.333. The minimum absolute atomic E-state index is 0.0546. The molecule has 0 aliphatic heterocycles. The number of anilines is 1. The summed E-state index contributed by atoms with van der Waals surface area (Å²) in [7, 11) is -1.93. The van der Waals surface area contributed by atoms with E-state index in [2.05, 4.69) is 20.3 Å². The number of carbonyl (C=O) groups excluding carboxylic acids is 1. The molecule has 0 saturated heterocycles. The van der Waals surface area contributed by atoms with E-state index in [4.69, 9.17) is 5.73 Å². The van der Waals surface area contributed by atoms with Gasteiger partial charge in [0.1, 0.15) is 10.7 Å². The number of hydrogen-bond acceptors (Lipinski definition) is 5. The molecule has 0 aliphatic carbocycles. The molecule has 0 spiro atoms. The minimum Gasteiger partial charge on any atom is -0.373 e. The van der Waals surface area contributed by atoms with E-state index in [0.29, 0.717) is 5.82 Å². The van der Waals surface area contributed by atoms with Gasteiger partial charge < -0.3 is 16.4 Å². The lowest BCUT2D eigenvalue weighted by Crippen LogP contribution is -2.37. The van der Waals surface area contributed by atoms with Crippen LogP contribution < -0.4 is 21.1 Å². The largest absolute Gasteiger partial charge is 0.373 e. The van der Waals surface area contributed by atoms with Gasteiger partial charge in [-0.3, -0.25) is 0 Å². The van der Waals surface area contributed by atoms with Gasteiger partial charge in [-0.15, -0.1) is 0 Å². The summed E-state index contributed by atoms with van der Waals surface area (Å²) in [5.74, 6) is 0.573. The Morgan fingerprint density at radius 2 is 2.11 bits per heavy atom. The molecule has 0 radical (unpaired) electrons. The van der Waals surface area contributed by atoms with Gasteiger partial charge in [-0.25, -0.2) is 22.9 Å². The fourth-order valence-electron chi connectivity index (χ4n) is 1.14. The number of nitrogens with one attached hydrogen (secondary N) is 3. The Morgan fingerprint density at radius 3 is 2.61 bits per heavy atom. The molecule has 1 heterocycles. The van der Waals surface area contributed by atoms with Gasteiger partial charge in [0.05, 0.1) is 0 Å². The van der Waals surface area contributed by atoms with Crippen molar-refractivity contribution in [3.05, 3.63) is 18.3 Å². The van der Waals surface area contributed by atoms with Gasteiger partial charge in [0.2, 0.25) is 10.0 Å². The lowest BCUT2D eigenvalue weighted by Gasteiger charge is -2.07. The van der Waals surface area contributed by atoms with Gasteiger partial charge in [0, 0.05) is 26.3 Å². The van der Waals surface area contributed by atoms with Crippen LogP contribution in [-0.2, 0) is 10.0 Å². The van der Waals surface area contributed by atoms with E-state index < -0.39 is 16.1 Å². The number of rotatable bonds is 6. The Labute approximate surface area is 105 Å². The predicted molar refractivity (Wildman–Crippen MR) is 66.6 cm³/mol. The molecule has 8 nitrogen and oxygen atoms in total. The van der Waals surface area contributed by atoms with Crippen molar-refractivity contribution in [3.8, 4) is 0 Å². The monoisotopic (exact) mass is 273 g/mol. The zero-order chi connectivity index (χ0) is 13.6. The maximum absolute atomic E-state index is 11.8. The number of primary amides is 1. The number of urea groups is 1. The molecule has 0 aliphatic rings. The molecule has 0 aromatic carbocycles. The second-order valence-corrected chi connectivity index (χ2v) is 5.08. The summed E-state index contributed by atoms with van der Waals surface area (Å²) >= 11 is 0. The Bertz CT molecular complexity index is 499. The van der Waals surface area contributed by atoms with Crippen LogP contribution >= 0.6 is 0 Å². The molecule has 100 valence electrons. The van der Waals surface area contributed by atoms with Crippen LogP contribution in [0.25, 0.3) is 0 Å². The molecule has 0 atom stereocenters. The SMILES string of the molecule is CNc1ccc(S(=O)(=O)NCCNC(N)=O)cn1. The normalized spacial score (nSPS) is 10.9. The lowest BCUT2D eigenvalue weighted by atomic mass is 10.5. The van der Waals surface area contributed by atoms with Crippen LogP contribution in [0.2, 0.25) is 0 Å². The van der Waals surface area contributed by atoms with E-state index in [0.717, 1.165) is 0 Å². The van der Waals surface area contributed by atoms with E-state index in [9.17, 15) is 13.2 Å². The van der Waals surface area contributed by atoms with Crippen molar-refractivity contribution in [2.24, 2.45) is 5.73 Å². The maximum atomic E-state index is 11.8. The fourth-order valence-corrected chi connectivity index (χ4v) is 2.12. The van der Waals surface area contributed by atoms with Crippen molar-refractivity contribution in [3.63, 3.8) is 0 Å². The molecular weight excluding hydrogens is 258 g/mol. The van der Waals surface area contributed by atoms with Crippen molar-refractivity contribution >= 4 is 21.9 Å². The number of hydrogen-bond donors (Lipinski definition) is 4. The second-order valence-electron chi connectivity index (χ2n) is 3.32. The van der Waals surface area contributed by atoms with Crippen molar-refractivity contribution in [1.29, 1.82) is 0 Å². The maximum Gasteiger partial charge on any atom is 0.312 e. The van der Waals surface area contributed by atoms with Crippen molar-refractivity contribution < 1.29 is 13.2 Å². The van der Waals surface area contributed by atoms with Crippen molar-refractivity contribution in [2.75, 3.05) is 25.5 Å². The first-order valence-electron chi connectivity index (χ1n) is 5.12. The number of nitrogens with zero attached hydrogens (tertiary/aromatic N) is 1. The van der Waals surface area contributed by atoms with Crippen LogP contribution in [0.15, 0.2) is 23.2 Å². The second kappa shape index (κ2) is 6.17. The van der Waals surface area contributed by atoms with Gasteiger partial charge >= 0.3 is 6.03 Å². The highest BCUT2D eigenvalue weighted by molar-refractivity contribution is 7.89. The molecule has 2 amide bonds. The Kier molecular flexibility index (Phi) is 4.86. The molecule has 18 heavy (non-hydrogen) atoms. The highest BCUT2D eigenvalue weighted by atomic mass is 32.2. The topological polar surface area (TPSA) is 126 Å². The molecule has 0 fully saturated rings. The van der Waals surface area contributed by atoms with Gasteiger partial charge in [-0.05, 0) is 12.1 Å². The van der Waals surface area contributed by atoms with E-state index in [1.54, 1.807) is 13.1 Å². The first-order valence-corrected chi connectivity index (χ1v) is 6.61. The van der Waals surface area contributed by atoms with Crippen LogP contribution in [0, 0.1) is 0 Å². The summed E-state index contributed by atoms with van der Waals surface area (Å²) in [6.07, 6.45) is 1.25. The quantitative estimate of drug-likeness (QED) is 0.498. The summed E-state index contributed by atoms with van der Waals surface area (Å²) in [4.78, 5) is 14.3. The molecule has 0 bridgehead atoms. The molecule has 1 aromatic heterocycles. The zero-order valence-electron chi connectivity index (χ0n) is 9.80. The summed E-state index contributed by atoms with van der Waals surface area (Å²) in [5, 5.41) is 5.06. The van der Waals surface area contributed by atoms with Gasteiger partial charge in [0.25, 0.3) is 0 Å². The first-order chi connectivity index (χ1) is 8.45. The van der Waals surface area contributed by atoms with E-state index >= 15 is 0 Å². The molecule has 1 rings (SSSR count). The Morgan fingerprint density at radius 1 is 1.39 bits per heavy atom. The minimum atomic E-state index is -3.62. The summed E-state index contributed by atoms with van der Waals surface area (Å²) in [6, 6.07) is 2.29. The highest BCUT2D eigenvalue weighted by Gasteiger charge is 2.13. The third-order valence-corrected chi connectivity index (χ3v) is 3.47. The van der Waals surface area contributed by atoms with Gasteiger partial charge in [-0.2, -0.15) is 0 Å². The average molecular weight is 273 g/mol. The molecule has 9 heteroatoms. The zero-order valence-corrected chi connectivity index (χ0v) is 10.6. The van der Waals surface area contributed by atoms with E-state index in [1.807, 2.05) is 0 Å². The lowest BCUT2D eigenvalue weighted by molar-refractivity contribution is 0.249. The number of nitrogens with two attached hydrogens (primary N) is 1. The standard InChI is InChI=1S/C9H15N5O3S/c1-11-8-3-2-7(6-13-8)18(16,17)14-5-4-12-9(10)15/h2-3,6,14H,4-5H2,1H3,(H,11,13)(H3,10,12,15). The third kappa shape index (κ3) is 4.18. The predicted octanol–water partition coefficient (Wildman–Crippen LogP) is -0.930. The van der Waals surface area contributed by atoms with Crippen LogP contribution in [0.3, 0.4) is 0 Å². The van der Waals surface area contributed by atoms with Crippen molar-refractivity contribution in [2.45, 2.75) is 4.90 Å². The first kappa shape index (κ1) is 14.2. The van der Waals surface area contributed by atoms with Crippen LogP contribution in [0.1, 0.15) is 0 Å². The molecule has 5 N–H and O–H groups in total. The van der Waals surface area contributed by atoms with Crippen LogP contribution in [0.5, 0.6) is 0 Å². The molecular formula is C9H15N5O3S. The Balaban J connectivity index is 2.59. The smallest absolute Gasteiger partial charge is 0.312 e. The summed E-state index contributed by atoms with van der Waals surface area (Å²) in [5.41, 5.74) is 4.84. The van der Waals surface area contributed by atoms with Crippen LogP contribution in [0.4, 0.5) is 10.6 Å². The number of carbonyl (C=O) groups is 1. The molecule has 0 unspecified atom stereocenters. The van der Waals surface area contributed by atoms with Gasteiger partial charge in [-0.1, -0.05) is 0 Å². The number of pyridine rings is 1. The number of sulfonamides is 1. The van der Waals surface area contributed by atoms with E-state index in [-0.39, 0.29) is 18.0 Å². The number of aromatic nitrogens is 1. The third-order valence-electron chi connectivity index (χ3n) is 2.02. The van der Waals surface area contributed by atoms with E-state index in [1.165, 1.54) is 12.3 Å². The average Bonchev–Trinajstić information content (AvgIpc) is 2.34. The van der Waals surface area contributed by atoms with Crippen LogP contribution in [-0.4, -0.2) is 39.6 Å². The van der Waals surface area contributed by atoms with Gasteiger partial charge in [0.15, 0.2) is 0 Å².